The fourth-order valence-corrected chi connectivity index (χ4v) is 4.60. The van der Waals surface area contributed by atoms with E-state index >= 15 is 0 Å². The number of ether oxygens (including phenoxy) is 1. The monoisotopic (exact) mass is 297 g/mol. The predicted octanol–water partition coefficient (Wildman–Crippen LogP) is 1.68. The Hall–Kier alpha value is -0.910. The molecule has 1 saturated heterocycles. The van der Waals surface area contributed by atoms with E-state index in [-0.39, 0.29) is 11.8 Å². The van der Waals surface area contributed by atoms with Crippen LogP contribution in [0.2, 0.25) is 0 Å². The smallest absolute Gasteiger partial charge is 0.161 e. The molecule has 1 aliphatic rings. The van der Waals surface area contributed by atoms with Gasteiger partial charge in [0.05, 0.1) is 12.4 Å². The van der Waals surface area contributed by atoms with Crippen LogP contribution in [0.1, 0.15) is 24.5 Å². The van der Waals surface area contributed by atoms with Gasteiger partial charge in [0, 0.05) is 12.6 Å². The van der Waals surface area contributed by atoms with Gasteiger partial charge in [-0.1, -0.05) is 36.8 Å². The maximum Gasteiger partial charge on any atom is 0.161 e. The van der Waals surface area contributed by atoms with E-state index < -0.39 is 15.1 Å². The van der Waals surface area contributed by atoms with Crippen LogP contribution in [0, 0.1) is 6.92 Å². The zero-order valence-electron chi connectivity index (χ0n) is 12.1. The Morgan fingerprint density at radius 2 is 2.20 bits per heavy atom. The van der Waals surface area contributed by atoms with E-state index in [1.807, 2.05) is 38.1 Å². The van der Waals surface area contributed by atoms with Crippen LogP contribution in [0.25, 0.3) is 0 Å². The first-order chi connectivity index (χ1) is 9.53. The minimum Gasteiger partial charge on any atom is -0.380 e. The Labute approximate surface area is 121 Å². The lowest BCUT2D eigenvalue weighted by Gasteiger charge is -2.31. The predicted molar refractivity (Wildman–Crippen MR) is 80.5 cm³/mol. The highest BCUT2D eigenvalue weighted by atomic mass is 32.2. The van der Waals surface area contributed by atoms with Gasteiger partial charge in [-0.2, -0.15) is 0 Å². The summed E-state index contributed by atoms with van der Waals surface area (Å²) in [5.74, 6) is 0.0879. The molecule has 4 nitrogen and oxygen atoms in total. The van der Waals surface area contributed by atoms with Crippen LogP contribution in [0.15, 0.2) is 24.3 Å². The van der Waals surface area contributed by atoms with Gasteiger partial charge in [0.15, 0.2) is 9.84 Å². The van der Waals surface area contributed by atoms with Crippen LogP contribution in [0.5, 0.6) is 0 Å². The molecular weight excluding hydrogens is 274 g/mol. The summed E-state index contributed by atoms with van der Waals surface area (Å²) in [4.78, 5) is 0. The summed E-state index contributed by atoms with van der Waals surface area (Å²) < 4.78 is 30.7. The molecule has 0 saturated carbocycles. The molecule has 0 aliphatic carbocycles. The molecule has 0 bridgehead atoms. The van der Waals surface area contributed by atoms with Crippen LogP contribution in [-0.4, -0.2) is 39.5 Å². The van der Waals surface area contributed by atoms with Crippen molar-refractivity contribution in [1.29, 1.82) is 0 Å². The Morgan fingerprint density at radius 1 is 1.40 bits per heavy atom. The second-order valence-electron chi connectivity index (χ2n) is 5.36. The van der Waals surface area contributed by atoms with Crippen molar-refractivity contribution in [1.82, 2.24) is 5.32 Å². The van der Waals surface area contributed by atoms with Gasteiger partial charge in [-0.15, -0.1) is 0 Å². The summed E-state index contributed by atoms with van der Waals surface area (Å²) in [5.41, 5.74) is 1.94. The zero-order valence-corrected chi connectivity index (χ0v) is 12.9. The summed E-state index contributed by atoms with van der Waals surface area (Å²) in [7, 11) is -3.21. The second kappa shape index (κ2) is 6.70. The van der Waals surface area contributed by atoms with Gasteiger partial charge in [0.2, 0.25) is 0 Å². The summed E-state index contributed by atoms with van der Waals surface area (Å²) in [6, 6.07) is 7.68. The Bertz CT molecular complexity index is 540. The fourth-order valence-electron chi connectivity index (χ4n) is 2.70. The molecule has 1 aromatic carbocycles. The van der Waals surface area contributed by atoms with Crippen molar-refractivity contribution in [3.63, 3.8) is 0 Å². The van der Waals surface area contributed by atoms with Crippen LogP contribution < -0.4 is 5.32 Å². The number of benzene rings is 1. The maximum absolute atomic E-state index is 12.6. The quantitative estimate of drug-likeness (QED) is 0.898. The molecule has 1 N–H and O–H groups in total. The van der Waals surface area contributed by atoms with E-state index in [1.54, 1.807) is 0 Å². The zero-order chi connectivity index (χ0) is 14.6. The Kier molecular flexibility index (Phi) is 5.18. The molecule has 2 unspecified atom stereocenters. The van der Waals surface area contributed by atoms with E-state index in [2.05, 4.69) is 5.32 Å². The van der Waals surface area contributed by atoms with Crippen LogP contribution >= 0.6 is 0 Å². The topological polar surface area (TPSA) is 55.4 Å². The first-order valence-electron chi connectivity index (χ1n) is 7.11. The van der Waals surface area contributed by atoms with Gasteiger partial charge >= 0.3 is 0 Å². The van der Waals surface area contributed by atoms with Crippen molar-refractivity contribution in [2.75, 3.05) is 19.8 Å². The third-order valence-corrected chi connectivity index (χ3v) is 5.80. The summed E-state index contributed by atoms with van der Waals surface area (Å²) >= 11 is 0. The highest BCUT2D eigenvalue weighted by molar-refractivity contribution is 7.91. The van der Waals surface area contributed by atoms with Gasteiger partial charge in [-0.25, -0.2) is 8.42 Å². The molecule has 112 valence electrons. The molecule has 0 radical (unpaired) electrons. The Morgan fingerprint density at radius 3 is 2.90 bits per heavy atom. The van der Waals surface area contributed by atoms with Gasteiger partial charge in [-0.05, 0) is 25.5 Å². The third kappa shape index (κ3) is 3.81. The van der Waals surface area contributed by atoms with Crippen molar-refractivity contribution in [2.45, 2.75) is 37.3 Å². The maximum atomic E-state index is 12.6. The van der Waals surface area contributed by atoms with Gasteiger partial charge in [-0.3, -0.25) is 0 Å². The van der Waals surface area contributed by atoms with E-state index in [0.717, 1.165) is 24.1 Å². The number of nitrogens with one attached hydrogen (secondary N) is 1. The van der Waals surface area contributed by atoms with Crippen molar-refractivity contribution in [2.24, 2.45) is 0 Å². The number of hydrogen-bond acceptors (Lipinski definition) is 4. The molecule has 1 fully saturated rings. The molecule has 1 aliphatic heterocycles. The van der Waals surface area contributed by atoms with Crippen LogP contribution in [-0.2, 0) is 20.3 Å². The number of aryl methyl sites for hydroxylation is 1. The number of sulfone groups is 1. The highest BCUT2D eigenvalue weighted by Crippen LogP contribution is 2.20. The van der Waals surface area contributed by atoms with Crippen molar-refractivity contribution in [3.05, 3.63) is 35.4 Å². The van der Waals surface area contributed by atoms with Crippen LogP contribution in [0.3, 0.4) is 0 Å². The second-order valence-corrected chi connectivity index (χ2v) is 7.58. The molecular formula is C15H23NO3S. The number of hydrogen-bond donors (Lipinski definition) is 1. The Balaban J connectivity index is 2.15. The summed E-state index contributed by atoms with van der Waals surface area (Å²) in [5, 5.41) is 2.83. The van der Waals surface area contributed by atoms with E-state index in [9.17, 15) is 8.42 Å². The average Bonchev–Trinajstić information content (AvgIpc) is 2.39. The minimum absolute atomic E-state index is 0.00330. The molecule has 5 heteroatoms. The lowest BCUT2D eigenvalue weighted by Crippen LogP contribution is -2.50. The SMILES string of the molecule is CCNC1CCOCC1S(=O)(=O)Cc1cccc(C)c1. The molecule has 0 spiro atoms. The van der Waals surface area contributed by atoms with Crippen LogP contribution in [0.4, 0.5) is 0 Å². The van der Waals surface area contributed by atoms with Crippen molar-refractivity contribution < 1.29 is 13.2 Å². The standard InChI is InChI=1S/C15H23NO3S/c1-3-16-14-7-8-19-10-15(14)20(17,18)11-13-6-4-5-12(2)9-13/h4-6,9,14-16H,3,7-8,10-11H2,1-2H3. The summed E-state index contributed by atoms with van der Waals surface area (Å²) in [6.45, 7) is 5.68. The van der Waals surface area contributed by atoms with Crippen molar-refractivity contribution >= 4 is 9.84 Å². The van der Waals surface area contributed by atoms with Gasteiger partial charge < -0.3 is 10.1 Å². The first-order valence-corrected chi connectivity index (χ1v) is 8.82. The molecule has 1 heterocycles. The molecule has 2 atom stereocenters. The van der Waals surface area contributed by atoms with Gasteiger partial charge in [0.25, 0.3) is 0 Å². The lowest BCUT2D eigenvalue weighted by molar-refractivity contribution is 0.0811. The number of rotatable bonds is 5. The molecule has 20 heavy (non-hydrogen) atoms. The van der Waals surface area contributed by atoms with E-state index in [4.69, 9.17) is 4.74 Å². The average molecular weight is 297 g/mol. The molecule has 0 aromatic heterocycles. The lowest BCUT2D eigenvalue weighted by atomic mass is 10.1. The van der Waals surface area contributed by atoms with Crippen molar-refractivity contribution in [3.8, 4) is 0 Å². The first kappa shape index (κ1) is 15.5. The normalized spacial score (nSPS) is 23.7. The molecule has 0 amide bonds. The van der Waals surface area contributed by atoms with E-state index in [0.29, 0.717) is 13.2 Å². The fraction of sp³-hybridized carbons (Fsp3) is 0.600. The van der Waals surface area contributed by atoms with E-state index in [1.165, 1.54) is 0 Å². The molecule has 1 aromatic rings. The highest BCUT2D eigenvalue weighted by Gasteiger charge is 2.35. The molecule has 2 rings (SSSR count). The largest absolute Gasteiger partial charge is 0.380 e. The third-order valence-electron chi connectivity index (χ3n) is 3.68. The van der Waals surface area contributed by atoms with Gasteiger partial charge in [0.1, 0.15) is 5.25 Å². The minimum atomic E-state index is -3.21. The summed E-state index contributed by atoms with van der Waals surface area (Å²) in [6.07, 6.45) is 0.756.